The number of hydrogen-bond donors (Lipinski definition) is 2. The predicted octanol–water partition coefficient (Wildman–Crippen LogP) is 2.59. The zero-order valence-corrected chi connectivity index (χ0v) is 23.1. The molecule has 3 atom stereocenters. The highest BCUT2D eigenvalue weighted by atomic mass is 16.5. The quantitative estimate of drug-likeness (QED) is 0.512. The summed E-state index contributed by atoms with van der Waals surface area (Å²) in [5.41, 5.74) is 11.8. The van der Waals surface area contributed by atoms with Crippen LogP contribution in [-0.2, 0) is 16.0 Å². The number of benzene rings is 1. The molecule has 4 aliphatic rings. The zero-order valence-electron chi connectivity index (χ0n) is 23.1. The Morgan fingerprint density at radius 2 is 2.08 bits per heavy atom. The second-order valence-corrected chi connectivity index (χ2v) is 11.9. The molecule has 2 aromatic heterocycles. The average Bonchev–Trinajstić information content (AvgIpc) is 3.63. The fourth-order valence-corrected chi connectivity index (χ4v) is 7.32. The second kappa shape index (κ2) is 9.42. The summed E-state index contributed by atoms with van der Waals surface area (Å²) in [4.78, 5) is 28.3. The third-order valence-electron chi connectivity index (χ3n) is 9.73. The van der Waals surface area contributed by atoms with E-state index in [1.54, 1.807) is 4.90 Å². The predicted molar refractivity (Wildman–Crippen MR) is 150 cm³/mol. The topological polar surface area (TPSA) is 140 Å². The van der Waals surface area contributed by atoms with Gasteiger partial charge in [0.05, 0.1) is 30.5 Å². The summed E-state index contributed by atoms with van der Waals surface area (Å²) in [6.07, 6.45) is 6.14. The molecule has 208 valence electrons. The number of H-pyrrole nitrogens is 1. The first kappa shape index (κ1) is 25.2. The van der Waals surface area contributed by atoms with Gasteiger partial charge in [-0.05, 0) is 55.9 Å². The fraction of sp³-hybridized carbons (Fsp3) is 0.552. The van der Waals surface area contributed by atoms with Crippen LogP contribution < -0.4 is 15.5 Å². The number of carbonyl (C=O) groups is 1. The first-order valence-electron chi connectivity index (χ1n) is 14.3. The maximum Gasteiger partial charge on any atom is 0.223 e. The van der Waals surface area contributed by atoms with Crippen LogP contribution in [0.15, 0.2) is 18.3 Å². The van der Waals surface area contributed by atoms with Crippen LogP contribution in [0.1, 0.15) is 55.2 Å². The number of nitriles is 1. The van der Waals surface area contributed by atoms with Crippen LogP contribution in [0, 0.1) is 16.7 Å². The van der Waals surface area contributed by atoms with E-state index in [4.69, 9.17) is 20.4 Å². The van der Waals surface area contributed by atoms with E-state index in [2.05, 4.69) is 33.0 Å². The van der Waals surface area contributed by atoms with Crippen LogP contribution in [0.25, 0.3) is 11.2 Å². The number of hydrogen-bond acceptors (Lipinski definition) is 9. The molecule has 40 heavy (non-hydrogen) atoms. The minimum absolute atomic E-state index is 0.0255. The van der Waals surface area contributed by atoms with Crippen LogP contribution in [0.3, 0.4) is 0 Å². The number of aromatic nitrogens is 4. The van der Waals surface area contributed by atoms with Crippen molar-refractivity contribution in [3.63, 3.8) is 0 Å². The van der Waals surface area contributed by atoms with Crippen molar-refractivity contribution >= 4 is 34.4 Å². The third-order valence-corrected chi connectivity index (χ3v) is 9.73. The molecule has 7 rings (SSSR count). The molecule has 4 aliphatic heterocycles. The first-order valence-corrected chi connectivity index (χ1v) is 14.3. The largest absolute Gasteiger partial charge is 0.376 e. The molecule has 6 heterocycles. The minimum Gasteiger partial charge on any atom is -0.376 e. The lowest BCUT2D eigenvalue weighted by atomic mass is 9.73. The number of carbonyl (C=O) groups excluding carboxylic acids is 1. The van der Waals surface area contributed by atoms with Crippen molar-refractivity contribution < 1.29 is 9.53 Å². The normalized spacial score (nSPS) is 26.1. The lowest BCUT2D eigenvalue weighted by Gasteiger charge is -2.41. The smallest absolute Gasteiger partial charge is 0.223 e. The number of nitrogens with two attached hydrogens (primary N) is 1. The Morgan fingerprint density at radius 3 is 2.77 bits per heavy atom. The highest BCUT2D eigenvalue weighted by Crippen LogP contribution is 2.44. The third kappa shape index (κ3) is 3.84. The van der Waals surface area contributed by atoms with Gasteiger partial charge in [-0.15, -0.1) is 0 Å². The second-order valence-electron chi connectivity index (χ2n) is 11.9. The van der Waals surface area contributed by atoms with Crippen LogP contribution in [0.2, 0.25) is 0 Å². The Morgan fingerprint density at radius 1 is 1.25 bits per heavy atom. The van der Waals surface area contributed by atoms with Crippen LogP contribution in [-0.4, -0.2) is 83.0 Å². The number of aromatic amines is 1. The highest BCUT2D eigenvalue weighted by molar-refractivity contribution is 5.88. The van der Waals surface area contributed by atoms with Crippen LogP contribution in [0.4, 0.5) is 17.3 Å². The van der Waals surface area contributed by atoms with E-state index < -0.39 is 0 Å². The summed E-state index contributed by atoms with van der Waals surface area (Å²) in [5, 5.41) is 17.7. The van der Waals surface area contributed by atoms with Crippen molar-refractivity contribution in [1.82, 2.24) is 25.1 Å². The number of anilines is 3. The molecule has 1 amide bonds. The van der Waals surface area contributed by atoms with Gasteiger partial charge in [0.25, 0.3) is 0 Å². The number of piperidine rings is 1. The Balaban J connectivity index is 1.17. The van der Waals surface area contributed by atoms with E-state index in [0.29, 0.717) is 24.2 Å². The number of ether oxygens (including phenoxy) is 1. The molecule has 0 aliphatic carbocycles. The number of likely N-dealkylation sites (N-methyl/N-ethyl adjacent to an activating group) is 1. The lowest BCUT2D eigenvalue weighted by Crippen LogP contribution is -2.50. The number of nitrogens with one attached hydrogen (secondary N) is 1. The molecule has 1 spiro atoms. The van der Waals surface area contributed by atoms with Gasteiger partial charge in [-0.25, -0.2) is 9.97 Å². The van der Waals surface area contributed by atoms with E-state index >= 15 is 0 Å². The molecular weight excluding hydrogens is 506 g/mol. The number of amides is 1. The molecule has 3 N–H and O–H groups in total. The van der Waals surface area contributed by atoms with Crippen molar-refractivity contribution in [2.45, 2.75) is 57.1 Å². The molecule has 3 aromatic rings. The standard InChI is InChI=1S/C29H35N9O2/c1-17-26(31)29(16-40-17)7-10-37(11-8-29)22-14-32-25-27(33-22)34-35-28(25)38-9-3-4-20-21(38)6-5-18(13-30)24(20)19-12-23(39)36(2)15-19/h5-6,14,17,19,26H,3-4,7-12,15-16,31H2,1-2H3,(H,33,34,35)/t17-,19+,26+/m0/s1. The molecule has 11 heteroatoms. The van der Waals surface area contributed by atoms with E-state index in [-0.39, 0.29) is 29.4 Å². The fourth-order valence-electron chi connectivity index (χ4n) is 7.32. The number of fused-ring (bicyclic) bond motifs is 2. The van der Waals surface area contributed by atoms with Gasteiger partial charge in [-0.2, -0.15) is 10.4 Å². The van der Waals surface area contributed by atoms with Gasteiger partial charge in [0, 0.05) is 62.7 Å². The molecule has 1 aromatic carbocycles. The summed E-state index contributed by atoms with van der Waals surface area (Å²) in [6.45, 7) is 5.97. The summed E-state index contributed by atoms with van der Waals surface area (Å²) in [7, 11) is 1.83. The van der Waals surface area contributed by atoms with Crippen molar-refractivity contribution in [3.05, 3.63) is 35.0 Å². The molecular formula is C29H35N9O2. The van der Waals surface area contributed by atoms with E-state index in [1.165, 1.54) is 0 Å². The zero-order chi connectivity index (χ0) is 27.6. The maximum atomic E-state index is 12.3. The molecule has 3 fully saturated rings. The summed E-state index contributed by atoms with van der Waals surface area (Å²) in [6, 6.07) is 6.36. The summed E-state index contributed by atoms with van der Waals surface area (Å²) < 4.78 is 5.88. The molecule has 0 radical (unpaired) electrons. The molecule has 3 saturated heterocycles. The van der Waals surface area contributed by atoms with Gasteiger partial charge in [0.15, 0.2) is 17.0 Å². The maximum absolute atomic E-state index is 12.3. The number of nitrogens with zero attached hydrogens (tertiary/aromatic N) is 7. The van der Waals surface area contributed by atoms with Crippen molar-refractivity contribution in [3.8, 4) is 6.07 Å². The van der Waals surface area contributed by atoms with Crippen LogP contribution in [0.5, 0.6) is 0 Å². The Bertz CT molecular complexity index is 1520. The highest BCUT2D eigenvalue weighted by Gasteiger charge is 2.47. The van der Waals surface area contributed by atoms with Crippen LogP contribution >= 0.6 is 0 Å². The first-order chi connectivity index (χ1) is 19.4. The van der Waals surface area contributed by atoms with Gasteiger partial charge in [-0.3, -0.25) is 9.89 Å². The van der Waals surface area contributed by atoms with Crippen molar-refractivity contribution in [2.75, 3.05) is 49.6 Å². The Kier molecular flexibility index (Phi) is 5.94. The van der Waals surface area contributed by atoms with Crippen molar-refractivity contribution in [1.29, 1.82) is 5.26 Å². The molecule has 11 nitrogen and oxygen atoms in total. The Labute approximate surface area is 233 Å². The number of likely N-dealkylation sites (tertiary alicyclic amines) is 1. The monoisotopic (exact) mass is 541 g/mol. The molecule has 0 bridgehead atoms. The van der Waals surface area contributed by atoms with Gasteiger partial charge in [0.2, 0.25) is 5.91 Å². The average molecular weight is 542 g/mol. The van der Waals surface area contributed by atoms with Gasteiger partial charge >= 0.3 is 0 Å². The molecule has 0 saturated carbocycles. The molecule has 0 unspecified atom stereocenters. The van der Waals surface area contributed by atoms with Crippen molar-refractivity contribution in [2.24, 2.45) is 11.1 Å². The summed E-state index contributed by atoms with van der Waals surface area (Å²) in [5.74, 6) is 1.73. The SMILES string of the molecule is C[C@@H]1OCC2(CCN(c3cnc4c(N5CCCc6c5ccc(C#N)c6[C@@H]5CC(=O)N(C)C5)n[nH]c4n3)CC2)[C@@H]1N. The van der Waals surface area contributed by atoms with Gasteiger partial charge in [-0.1, -0.05) is 0 Å². The van der Waals surface area contributed by atoms with Gasteiger partial charge < -0.3 is 25.2 Å². The number of rotatable bonds is 3. The summed E-state index contributed by atoms with van der Waals surface area (Å²) >= 11 is 0. The van der Waals surface area contributed by atoms with E-state index in [1.807, 2.05) is 25.4 Å². The van der Waals surface area contributed by atoms with E-state index in [0.717, 1.165) is 85.9 Å². The lowest BCUT2D eigenvalue weighted by molar-refractivity contribution is -0.126. The Hall–Kier alpha value is -3.75. The van der Waals surface area contributed by atoms with E-state index in [9.17, 15) is 10.1 Å². The minimum atomic E-state index is 0.0255. The van der Waals surface area contributed by atoms with Gasteiger partial charge in [0.1, 0.15) is 5.82 Å².